The van der Waals surface area contributed by atoms with Crippen molar-refractivity contribution < 1.29 is 4.79 Å². The quantitative estimate of drug-likeness (QED) is 0.797. The van der Waals surface area contributed by atoms with Crippen molar-refractivity contribution >= 4 is 40.7 Å². The van der Waals surface area contributed by atoms with Crippen LogP contribution in [0.15, 0.2) is 30.3 Å². The summed E-state index contributed by atoms with van der Waals surface area (Å²) in [5, 5.41) is 4.66. The average Bonchev–Trinajstić information content (AvgIpc) is 2.63. The first-order chi connectivity index (χ1) is 9.47. The van der Waals surface area contributed by atoms with Gasteiger partial charge in [0.05, 0.1) is 11.1 Å². The number of carbonyl (C=O) groups excluding carboxylic acids is 1. The van der Waals surface area contributed by atoms with Gasteiger partial charge in [0.25, 0.3) is 0 Å². The van der Waals surface area contributed by atoms with Crippen LogP contribution in [0.25, 0.3) is 11.1 Å². The molecule has 0 saturated carbocycles. The van der Waals surface area contributed by atoms with Crippen molar-refractivity contribution in [2.45, 2.75) is 13.0 Å². The van der Waals surface area contributed by atoms with E-state index in [-0.39, 0.29) is 11.9 Å². The molecule has 2 aromatic carbocycles. The summed E-state index contributed by atoms with van der Waals surface area (Å²) in [4.78, 5) is 11.5. The van der Waals surface area contributed by atoms with Crippen molar-refractivity contribution in [1.82, 2.24) is 5.32 Å². The third kappa shape index (κ3) is 2.18. The summed E-state index contributed by atoms with van der Waals surface area (Å²) in [5.41, 5.74) is 3.72. The van der Waals surface area contributed by atoms with Gasteiger partial charge in [-0.1, -0.05) is 40.9 Å². The first kappa shape index (κ1) is 13.7. The van der Waals surface area contributed by atoms with Gasteiger partial charge in [-0.15, -0.1) is 0 Å². The van der Waals surface area contributed by atoms with Gasteiger partial charge in [0, 0.05) is 22.5 Å². The summed E-state index contributed by atoms with van der Waals surface area (Å²) in [6.45, 7) is 1.48. The molecule has 2 aromatic rings. The van der Waals surface area contributed by atoms with E-state index < -0.39 is 0 Å². The van der Waals surface area contributed by atoms with E-state index in [4.69, 9.17) is 34.8 Å². The van der Waals surface area contributed by atoms with Gasteiger partial charge in [-0.05, 0) is 41.0 Å². The molecular weight excluding hydrogens is 317 g/mol. The van der Waals surface area contributed by atoms with Gasteiger partial charge in [-0.2, -0.15) is 0 Å². The smallest absolute Gasteiger partial charge is 0.217 e. The molecule has 0 unspecified atom stereocenters. The second-order valence-corrected chi connectivity index (χ2v) is 6.00. The van der Waals surface area contributed by atoms with E-state index in [1.165, 1.54) is 6.92 Å². The van der Waals surface area contributed by atoms with Crippen molar-refractivity contribution in [3.05, 3.63) is 56.5 Å². The molecule has 2 nitrogen and oxygen atoms in total. The summed E-state index contributed by atoms with van der Waals surface area (Å²) in [6, 6.07) is 8.84. The summed E-state index contributed by atoms with van der Waals surface area (Å²) in [6.07, 6.45) is 0. The molecule has 0 saturated heterocycles. The summed E-state index contributed by atoms with van der Waals surface area (Å²) in [5.74, 6) is -0.120. The topological polar surface area (TPSA) is 29.1 Å². The molecule has 0 radical (unpaired) electrons. The minimum Gasteiger partial charge on any atom is -0.345 e. The number of carbonyl (C=O) groups is 1. The van der Waals surface area contributed by atoms with Gasteiger partial charge in [0.1, 0.15) is 0 Å². The third-order valence-corrected chi connectivity index (χ3v) is 4.09. The van der Waals surface area contributed by atoms with Crippen molar-refractivity contribution in [3.63, 3.8) is 0 Å². The van der Waals surface area contributed by atoms with E-state index in [9.17, 15) is 4.79 Å². The van der Waals surface area contributed by atoms with Gasteiger partial charge in [0.15, 0.2) is 0 Å². The van der Waals surface area contributed by atoms with Crippen LogP contribution in [-0.2, 0) is 4.79 Å². The summed E-state index contributed by atoms with van der Waals surface area (Å²) < 4.78 is 0. The van der Waals surface area contributed by atoms with Crippen LogP contribution in [0, 0.1) is 0 Å². The Labute approximate surface area is 131 Å². The lowest BCUT2D eigenvalue weighted by molar-refractivity contribution is -0.119. The number of nitrogens with one attached hydrogen (secondary N) is 1. The van der Waals surface area contributed by atoms with E-state index in [1.807, 2.05) is 24.3 Å². The Balaban J connectivity index is 2.28. The zero-order valence-corrected chi connectivity index (χ0v) is 12.8. The van der Waals surface area contributed by atoms with Gasteiger partial charge < -0.3 is 5.32 Å². The van der Waals surface area contributed by atoms with Gasteiger partial charge >= 0.3 is 0 Å². The molecule has 0 aromatic heterocycles. The Kier molecular flexibility index (Phi) is 3.41. The minimum absolute atomic E-state index is 0.120. The minimum atomic E-state index is -0.271. The Bertz CT molecular complexity index is 727. The van der Waals surface area contributed by atoms with Crippen molar-refractivity contribution in [2.24, 2.45) is 0 Å². The van der Waals surface area contributed by atoms with Crippen LogP contribution >= 0.6 is 34.8 Å². The predicted octanol–water partition coefficient (Wildman–Crippen LogP) is 4.85. The molecule has 102 valence electrons. The molecule has 1 aliphatic carbocycles. The number of hydrogen-bond donors (Lipinski definition) is 1. The fraction of sp³-hybridized carbons (Fsp3) is 0.133. The first-order valence-electron chi connectivity index (χ1n) is 6.03. The molecule has 20 heavy (non-hydrogen) atoms. The molecule has 5 heteroatoms. The maximum absolute atomic E-state index is 11.5. The standard InChI is InChI=1S/C15H10Cl3NO/c1-7(20)19-15-11-4-8(16)2-3-10(11)14-12(15)5-9(17)6-13(14)18/h2-6,15H,1H3,(H,19,20)/t15-/m0/s1. The zero-order chi connectivity index (χ0) is 14.4. The molecule has 0 fully saturated rings. The molecule has 3 rings (SSSR count). The van der Waals surface area contributed by atoms with E-state index in [1.54, 1.807) is 6.07 Å². The molecule has 1 amide bonds. The maximum Gasteiger partial charge on any atom is 0.217 e. The largest absolute Gasteiger partial charge is 0.345 e. The van der Waals surface area contributed by atoms with Crippen LogP contribution in [-0.4, -0.2) is 5.91 Å². The van der Waals surface area contributed by atoms with Gasteiger partial charge in [-0.25, -0.2) is 0 Å². The molecule has 1 atom stereocenters. The molecule has 1 N–H and O–H groups in total. The first-order valence-corrected chi connectivity index (χ1v) is 7.16. The highest BCUT2D eigenvalue weighted by molar-refractivity contribution is 6.37. The Hall–Kier alpha value is -1.22. The third-order valence-electron chi connectivity index (χ3n) is 3.34. The van der Waals surface area contributed by atoms with E-state index in [2.05, 4.69) is 5.32 Å². The number of fused-ring (bicyclic) bond motifs is 3. The van der Waals surface area contributed by atoms with Gasteiger partial charge in [0.2, 0.25) is 5.91 Å². The van der Waals surface area contributed by atoms with Crippen LogP contribution in [0.2, 0.25) is 15.1 Å². The number of hydrogen-bond acceptors (Lipinski definition) is 1. The van der Waals surface area contributed by atoms with Crippen LogP contribution in [0.3, 0.4) is 0 Å². The molecule has 0 bridgehead atoms. The van der Waals surface area contributed by atoms with E-state index in [0.29, 0.717) is 15.1 Å². The number of halogens is 3. The van der Waals surface area contributed by atoms with Crippen molar-refractivity contribution in [3.8, 4) is 11.1 Å². The summed E-state index contributed by atoms with van der Waals surface area (Å²) >= 11 is 18.5. The Morgan fingerprint density at radius 3 is 2.45 bits per heavy atom. The van der Waals surface area contributed by atoms with Crippen LogP contribution in [0.1, 0.15) is 24.1 Å². The highest BCUT2D eigenvalue weighted by atomic mass is 35.5. The van der Waals surface area contributed by atoms with E-state index >= 15 is 0 Å². The molecule has 1 aliphatic rings. The number of rotatable bonds is 1. The normalized spacial score (nSPS) is 15.7. The lowest BCUT2D eigenvalue weighted by Crippen LogP contribution is -2.25. The lowest BCUT2D eigenvalue weighted by Gasteiger charge is -2.15. The Morgan fingerprint density at radius 1 is 1.05 bits per heavy atom. The SMILES string of the molecule is CC(=O)N[C@H]1c2cc(Cl)ccc2-c2c(Cl)cc(Cl)cc21. The molecule has 0 aliphatic heterocycles. The second-order valence-electron chi connectivity index (χ2n) is 4.72. The highest BCUT2D eigenvalue weighted by Crippen LogP contribution is 2.48. The van der Waals surface area contributed by atoms with E-state index in [0.717, 1.165) is 22.3 Å². The Morgan fingerprint density at radius 2 is 1.75 bits per heavy atom. The van der Waals surface area contributed by atoms with Crippen molar-refractivity contribution in [1.29, 1.82) is 0 Å². The molecule has 0 heterocycles. The highest BCUT2D eigenvalue weighted by Gasteiger charge is 2.31. The van der Waals surface area contributed by atoms with Crippen molar-refractivity contribution in [2.75, 3.05) is 0 Å². The maximum atomic E-state index is 11.5. The predicted molar refractivity (Wildman–Crippen MR) is 82.6 cm³/mol. The monoisotopic (exact) mass is 325 g/mol. The average molecular weight is 327 g/mol. The van der Waals surface area contributed by atoms with Gasteiger partial charge in [-0.3, -0.25) is 4.79 Å². The summed E-state index contributed by atoms with van der Waals surface area (Å²) in [7, 11) is 0. The van der Waals surface area contributed by atoms with Crippen LogP contribution < -0.4 is 5.32 Å². The van der Waals surface area contributed by atoms with Crippen LogP contribution in [0.5, 0.6) is 0 Å². The fourth-order valence-electron chi connectivity index (χ4n) is 2.63. The number of amides is 1. The number of benzene rings is 2. The molecule has 0 spiro atoms. The molecular formula is C15H10Cl3NO. The lowest BCUT2D eigenvalue weighted by atomic mass is 10.1. The zero-order valence-electron chi connectivity index (χ0n) is 10.5. The second kappa shape index (κ2) is 4.96. The van der Waals surface area contributed by atoms with Crippen LogP contribution in [0.4, 0.5) is 0 Å². The fourth-order valence-corrected chi connectivity index (χ4v) is 3.42.